The first kappa shape index (κ1) is 14.9. The number of carbonyl (C=O) groups excluding carboxylic acids is 3. The molecule has 0 saturated carbocycles. The molecule has 1 atom stereocenters. The van der Waals surface area contributed by atoms with Gasteiger partial charge < -0.3 is 11.1 Å². The predicted octanol–water partition coefficient (Wildman–Crippen LogP) is 0.141. The van der Waals surface area contributed by atoms with E-state index in [0.29, 0.717) is 6.42 Å². The van der Waals surface area contributed by atoms with Crippen molar-refractivity contribution in [1.82, 2.24) is 15.6 Å². The minimum atomic E-state index is -1.19. The molecule has 1 aliphatic heterocycles. The van der Waals surface area contributed by atoms with Gasteiger partial charge in [-0.25, -0.2) is 15.0 Å². The molecule has 1 rings (SSSR count). The normalized spacial score (nSPS) is 22.9. The summed E-state index contributed by atoms with van der Waals surface area (Å²) in [7, 11) is 1.40. The molecular formula is C11H19N5O3. The first-order valence-corrected chi connectivity index (χ1v) is 6.13. The van der Waals surface area contributed by atoms with Crippen molar-refractivity contribution in [3.8, 4) is 0 Å². The maximum Gasteiger partial charge on any atom is 0.332 e. The van der Waals surface area contributed by atoms with Gasteiger partial charge in [-0.05, 0) is 6.42 Å². The standard InChI is InChI=1S/C11H19N5O3/c1-3-4-5-6-11(7-13-15-9(12)18)8(17)16(2)10(19)14-11/h7H,3-6H2,1-2H3,(H,14,19)(H3,12,15,18)/b13-7-/t11-/m0/s1. The average molecular weight is 269 g/mol. The van der Waals surface area contributed by atoms with Crippen LogP contribution in [0.1, 0.15) is 32.6 Å². The van der Waals surface area contributed by atoms with Crippen LogP contribution < -0.4 is 16.5 Å². The van der Waals surface area contributed by atoms with E-state index in [2.05, 4.69) is 10.4 Å². The minimum absolute atomic E-state index is 0.386. The molecule has 1 aliphatic rings. The Morgan fingerprint density at radius 2 is 2.21 bits per heavy atom. The van der Waals surface area contributed by atoms with Crippen LogP contribution in [0.2, 0.25) is 0 Å². The molecule has 0 aliphatic carbocycles. The summed E-state index contributed by atoms with van der Waals surface area (Å²) in [5.74, 6) is -0.386. The van der Waals surface area contributed by atoms with Gasteiger partial charge in [-0.3, -0.25) is 9.69 Å². The van der Waals surface area contributed by atoms with E-state index in [1.807, 2.05) is 12.3 Å². The number of unbranched alkanes of at least 4 members (excludes halogenated alkanes) is 2. The lowest BCUT2D eigenvalue weighted by Gasteiger charge is -2.21. The quantitative estimate of drug-likeness (QED) is 0.275. The van der Waals surface area contributed by atoms with E-state index in [9.17, 15) is 14.4 Å². The Morgan fingerprint density at radius 1 is 1.53 bits per heavy atom. The molecular weight excluding hydrogens is 250 g/mol. The number of nitrogens with one attached hydrogen (secondary N) is 2. The number of primary amides is 1. The van der Waals surface area contributed by atoms with Gasteiger partial charge in [0.15, 0.2) is 5.54 Å². The van der Waals surface area contributed by atoms with Gasteiger partial charge in [0.25, 0.3) is 5.91 Å². The highest BCUT2D eigenvalue weighted by atomic mass is 16.2. The van der Waals surface area contributed by atoms with Crippen molar-refractivity contribution >= 4 is 24.2 Å². The molecule has 0 aromatic carbocycles. The molecule has 106 valence electrons. The molecule has 0 aromatic heterocycles. The highest BCUT2D eigenvalue weighted by Gasteiger charge is 2.48. The molecule has 0 unspecified atom stereocenters. The van der Waals surface area contributed by atoms with E-state index in [0.717, 1.165) is 24.2 Å². The molecule has 1 heterocycles. The lowest BCUT2D eigenvalue weighted by atomic mass is 9.93. The Kier molecular flexibility index (Phi) is 4.85. The van der Waals surface area contributed by atoms with E-state index >= 15 is 0 Å². The Balaban J connectivity index is 2.85. The summed E-state index contributed by atoms with van der Waals surface area (Å²) >= 11 is 0. The van der Waals surface area contributed by atoms with Crippen LogP contribution >= 0.6 is 0 Å². The number of hydrogen-bond donors (Lipinski definition) is 3. The SMILES string of the molecule is CCCCC[C@@]1(/C=N\NC(N)=O)NC(=O)N(C)C1=O. The molecule has 0 spiro atoms. The molecule has 8 heteroatoms. The second-order valence-corrected chi connectivity index (χ2v) is 4.46. The fourth-order valence-electron chi connectivity index (χ4n) is 1.90. The second kappa shape index (κ2) is 6.17. The van der Waals surface area contributed by atoms with Crippen LogP contribution in [0.25, 0.3) is 0 Å². The zero-order valence-electron chi connectivity index (χ0n) is 11.1. The molecule has 4 N–H and O–H groups in total. The zero-order valence-corrected chi connectivity index (χ0v) is 11.1. The van der Waals surface area contributed by atoms with Crippen LogP contribution in [0.5, 0.6) is 0 Å². The fourth-order valence-corrected chi connectivity index (χ4v) is 1.90. The predicted molar refractivity (Wildman–Crippen MR) is 69.4 cm³/mol. The highest BCUT2D eigenvalue weighted by Crippen LogP contribution is 2.21. The smallest absolute Gasteiger partial charge is 0.332 e. The number of imide groups is 1. The van der Waals surface area contributed by atoms with Crippen LogP contribution in [0.3, 0.4) is 0 Å². The van der Waals surface area contributed by atoms with E-state index < -0.39 is 17.6 Å². The van der Waals surface area contributed by atoms with Crippen LogP contribution in [0.15, 0.2) is 5.10 Å². The molecule has 0 bridgehead atoms. The van der Waals surface area contributed by atoms with E-state index in [1.165, 1.54) is 13.3 Å². The first-order valence-electron chi connectivity index (χ1n) is 6.13. The number of rotatable bonds is 6. The van der Waals surface area contributed by atoms with Crippen molar-refractivity contribution in [3.05, 3.63) is 0 Å². The van der Waals surface area contributed by atoms with Gasteiger partial charge in [0.1, 0.15) is 0 Å². The molecule has 19 heavy (non-hydrogen) atoms. The van der Waals surface area contributed by atoms with Crippen molar-refractivity contribution in [3.63, 3.8) is 0 Å². The lowest BCUT2D eigenvalue weighted by Crippen LogP contribution is -2.49. The summed E-state index contributed by atoms with van der Waals surface area (Å²) in [4.78, 5) is 35.2. The number of hydrazone groups is 1. The topological polar surface area (TPSA) is 117 Å². The first-order chi connectivity index (χ1) is 8.93. The van der Waals surface area contributed by atoms with Crippen LogP contribution in [0.4, 0.5) is 9.59 Å². The van der Waals surface area contributed by atoms with E-state index in [1.54, 1.807) is 0 Å². The Hall–Kier alpha value is -2.12. The molecule has 0 aromatic rings. The van der Waals surface area contributed by atoms with Gasteiger partial charge in [-0.1, -0.05) is 26.2 Å². The largest absolute Gasteiger partial charge is 0.350 e. The summed E-state index contributed by atoms with van der Waals surface area (Å²) in [6, 6.07) is -1.31. The zero-order chi connectivity index (χ0) is 14.5. The number of nitrogens with two attached hydrogens (primary N) is 1. The monoisotopic (exact) mass is 269 g/mol. The van der Waals surface area contributed by atoms with Crippen molar-refractivity contribution in [2.45, 2.75) is 38.1 Å². The van der Waals surface area contributed by atoms with Gasteiger partial charge in [-0.2, -0.15) is 5.10 Å². The summed E-state index contributed by atoms with van der Waals surface area (Å²) in [6.07, 6.45) is 4.35. The van der Waals surface area contributed by atoms with Gasteiger partial charge >= 0.3 is 12.1 Å². The number of likely N-dealkylation sites (N-methyl/N-ethyl adjacent to an activating group) is 1. The van der Waals surface area contributed by atoms with Gasteiger partial charge in [0, 0.05) is 7.05 Å². The number of urea groups is 2. The van der Waals surface area contributed by atoms with Gasteiger partial charge in [-0.15, -0.1) is 0 Å². The molecule has 8 nitrogen and oxygen atoms in total. The summed E-state index contributed by atoms with van der Waals surface area (Å²) in [5.41, 5.74) is 5.72. The number of hydrogen-bond acceptors (Lipinski definition) is 4. The van der Waals surface area contributed by atoms with Crippen molar-refractivity contribution < 1.29 is 14.4 Å². The minimum Gasteiger partial charge on any atom is -0.350 e. The fraction of sp³-hybridized carbons (Fsp3) is 0.636. The second-order valence-electron chi connectivity index (χ2n) is 4.46. The van der Waals surface area contributed by atoms with E-state index in [-0.39, 0.29) is 5.91 Å². The maximum atomic E-state index is 12.1. The Labute approximate surface area is 111 Å². The Bertz CT molecular complexity index is 409. The van der Waals surface area contributed by atoms with Crippen LogP contribution in [0, 0.1) is 0 Å². The summed E-state index contributed by atoms with van der Waals surface area (Å²) < 4.78 is 0. The van der Waals surface area contributed by atoms with E-state index in [4.69, 9.17) is 5.73 Å². The summed E-state index contributed by atoms with van der Waals surface area (Å²) in [5, 5.41) is 6.21. The van der Waals surface area contributed by atoms with Crippen molar-refractivity contribution in [2.24, 2.45) is 10.8 Å². The van der Waals surface area contributed by atoms with Gasteiger partial charge in [0.05, 0.1) is 6.21 Å². The molecule has 1 fully saturated rings. The molecule has 5 amide bonds. The number of carbonyl (C=O) groups is 3. The number of amides is 5. The lowest BCUT2D eigenvalue weighted by molar-refractivity contribution is -0.128. The maximum absolute atomic E-state index is 12.1. The third-order valence-electron chi connectivity index (χ3n) is 2.96. The molecule has 1 saturated heterocycles. The molecule has 0 radical (unpaired) electrons. The number of nitrogens with zero attached hydrogens (tertiary/aromatic N) is 2. The van der Waals surface area contributed by atoms with Crippen molar-refractivity contribution in [1.29, 1.82) is 0 Å². The highest BCUT2D eigenvalue weighted by molar-refractivity contribution is 6.16. The third-order valence-corrected chi connectivity index (χ3v) is 2.96. The van der Waals surface area contributed by atoms with Gasteiger partial charge in [0.2, 0.25) is 0 Å². The summed E-state index contributed by atoms with van der Waals surface area (Å²) in [6.45, 7) is 2.04. The average Bonchev–Trinajstić information content (AvgIpc) is 2.55. The van der Waals surface area contributed by atoms with Crippen molar-refractivity contribution in [2.75, 3.05) is 7.05 Å². The van der Waals surface area contributed by atoms with Crippen LogP contribution in [-0.2, 0) is 4.79 Å². The Morgan fingerprint density at radius 3 is 2.68 bits per heavy atom. The third kappa shape index (κ3) is 3.43. The van der Waals surface area contributed by atoms with Crippen LogP contribution in [-0.4, -0.2) is 41.7 Å².